The van der Waals surface area contributed by atoms with E-state index in [1.165, 1.54) is 45.4 Å². The zero-order chi connectivity index (χ0) is 14.4. The van der Waals surface area contributed by atoms with Crippen molar-refractivity contribution >= 4 is 23.7 Å². The largest absolute Gasteiger partial charge is 0.481 e. The number of carbonyl (C=O) groups excluding carboxylic acids is 2. The number of hydrogen-bond acceptors (Lipinski definition) is 7. The molecule has 7 heteroatoms. The summed E-state index contributed by atoms with van der Waals surface area (Å²) in [4.78, 5) is 28.3. The van der Waals surface area contributed by atoms with E-state index in [-0.39, 0.29) is 0 Å². The molecule has 6 nitrogen and oxygen atoms in total. The second kappa shape index (κ2) is 6.98. The fraction of sp³-hybridized carbons (Fsp3) is 0.417. The van der Waals surface area contributed by atoms with Gasteiger partial charge in [0.25, 0.3) is 0 Å². The molecule has 0 spiro atoms. The molecule has 0 aliphatic carbocycles. The predicted octanol–water partition coefficient (Wildman–Crippen LogP) is 1.24. The van der Waals surface area contributed by atoms with Crippen molar-refractivity contribution in [3.05, 3.63) is 17.8 Å². The number of carbonyl (C=O) groups is 2. The normalized spacial score (nSPS) is 10.2. The maximum Gasteiger partial charge on any atom is 0.324 e. The Labute approximate surface area is 115 Å². The van der Waals surface area contributed by atoms with Crippen LogP contribution in [0.3, 0.4) is 0 Å². The lowest BCUT2D eigenvalue weighted by Gasteiger charge is -2.16. The zero-order valence-corrected chi connectivity index (χ0v) is 11.9. The highest BCUT2D eigenvalue weighted by Gasteiger charge is 2.33. The van der Waals surface area contributed by atoms with Gasteiger partial charge < -0.3 is 14.2 Å². The molecule has 0 aromatic carbocycles. The maximum absolute atomic E-state index is 11.8. The van der Waals surface area contributed by atoms with Crippen LogP contribution in [-0.4, -0.2) is 44.5 Å². The van der Waals surface area contributed by atoms with Crippen LogP contribution < -0.4 is 4.74 Å². The second-order valence-corrected chi connectivity index (χ2v) is 4.30. The van der Waals surface area contributed by atoms with Crippen LogP contribution in [0.5, 0.6) is 5.88 Å². The Balaban J connectivity index is 3.34. The molecule has 0 amide bonds. The summed E-state index contributed by atoms with van der Waals surface area (Å²) >= 11 is 1.37. The molecule has 0 atom stereocenters. The first-order valence-electron chi connectivity index (χ1n) is 5.32. The third-order valence-electron chi connectivity index (χ3n) is 2.49. The Bertz CT molecular complexity index is 461. The Morgan fingerprint density at radius 2 is 1.79 bits per heavy atom. The van der Waals surface area contributed by atoms with Gasteiger partial charge in [0.05, 0.1) is 21.3 Å². The molecule has 1 rings (SSSR count). The molecule has 0 N–H and O–H groups in total. The minimum atomic E-state index is -1.14. The van der Waals surface area contributed by atoms with Crippen molar-refractivity contribution in [3.8, 4) is 5.88 Å². The lowest BCUT2D eigenvalue weighted by Crippen LogP contribution is -2.25. The van der Waals surface area contributed by atoms with E-state index in [1.54, 1.807) is 0 Å². The summed E-state index contributed by atoms with van der Waals surface area (Å²) in [5.41, 5.74) is 0.457. The van der Waals surface area contributed by atoms with Crippen LogP contribution in [0.25, 0.3) is 0 Å². The van der Waals surface area contributed by atoms with E-state index in [0.717, 1.165) is 0 Å². The molecular weight excluding hydrogens is 270 g/mol. The number of rotatable bonds is 5. The van der Waals surface area contributed by atoms with Crippen molar-refractivity contribution in [1.29, 1.82) is 0 Å². The number of methoxy groups -OCH3 is 3. The summed E-state index contributed by atoms with van der Waals surface area (Å²) in [6.07, 6.45) is 3.36. The highest BCUT2D eigenvalue weighted by atomic mass is 32.2. The first-order chi connectivity index (χ1) is 9.08. The van der Waals surface area contributed by atoms with Gasteiger partial charge in [-0.2, -0.15) is 0 Å². The van der Waals surface area contributed by atoms with Crippen molar-refractivity contribution in [2.24, 2.45) is 0 Å². The molecule has 0 saturated carbocycles. The van der Waals surface area contributed by atoms with E-state index in [9.17, 15) is 9.59 Å². The van der Waals surface area contributed by atoms with E-state index in [0.29, 0.717) is 16.3 Å². The monoisotopic (exact) mass is 285 g/mol. The van der Waals surface area contributed by atoms with E-state index in [2.05, 4.69) is 14.5 Å². The Hall–Kier alpha value is -1.76. The van der Waals surface area contributed by atoms with Gasteiger partial charge in [-0.25, -0.2) is 4.98 Å². The summed E-state index contributed by atoms with van der Waals surface area (Å²) in [6, 6.07) is 1.53. The van der Waals surface area contributed by atoms with Gasteiger partial charge in [0, 0.05) is 17.2 Å². The minimum Gasteiger partial charge on any atom is -0.481 e. The predicted molar refractivity (Wildman–Crippen MR) is 69.3 cm³/mol. The maximum atomic E-state index is 11.8. The molecule has 0 aliphatic heterocycles. The van der Waals surface area contributed by atoms with Gasteiger partial charge in [-0.05, 0) is 11.8 Å². The first-order valence-corrected chi connectivity index (χ1v) is 6.55. The van der Waals surface area contributed by atoms with E-state index in [1.807, 2.05) is 6.26 Å². The highest BCUT2D eigenvalue weighted by molar-refractivity contribution is 7.98. The molecule has 1 heterocycles. The average Bonchev–Trinajstić information content (AvgIpc) is 2.46. The summed E-state index contributed by atoms with van der Waals surface area (Å²) in [6.45, 7) is 0. The number of thioether (sulfide) groups is 1. The van der Waals surface area contributed by atoms with Crippen LogP contribution in [0.2, 0.25) is 0 Å². The van der Waals surface area contributed by atoms with Crippen molar-refractivity contribution in [2.45, 2.75) is 10.8 Å². The van der Waals surface area contributed by atoms with Crippen LogP contribution in [-0.2, 0) is 19.1 Å². The van der Waals surface area contributed by atoms with E-state index < -0.39 is 17.9 Å². The van der Waals surface area contributed by atoms with Crippen LogP contribution >= 0.6 is 11.8 Å². The third-order valence-corrected chi connectivity index (χ3v) is 3.27. The molecule has 19 heavy (non-hydrogen) atoms. The van der Waals surface area contributed by atoms with Crippen LogP contribution in [0, 0.1) is 0 Å². The summed E-state index contributed by atoms with van der Waals surface area (Å²) < 4.78 is 14.3. The molecule has 0 saturated heterocycles. The fourth-order valence-corrected chi connectivity index (χ4v) is 2.10. The van der Waals surface area contributed by atoms with Gasteiger partial charge in [0.1, 0.15) is 0 Å². The first kappa shape index (κ1) is 15.3. The Morgan fingerprint density at radius 1 is 1.21 bits per heavy atom. The van der Waals surface area contributed by atoms with Crippen molar-refractivity contribution in [3.63, 3.8) is 0 Å². The molecule has 0 aliphatic rings. The molecule has 0 fully saturated rings. The third kappa shape index (κ3) is 3.37. The number of nitrogens with zero attached hydrogens (tertiary/aromatic N) is 1. The van der Waals surface area contributed by atoms with Gasteiger partial charge >= 0.3 is 11.9 Å². The van der Waals surface area contributed by atoms with Gasteiger partial charge in [-0.1, -0.05) is 0 Å². The van der Waals surface area contributed by atoms with E-state index in [4.69, 9.17) is 4.74 Å². The highest BCUT2D eigenvalue weighted by Crippen LogP contribution is 2.30. The molecule has 104 valence electrons. The Morgan fingerprint density at radius 3 is 2.21 bits per heavy atom. The average molecular weight is 285 g/mol. The molecule has 1 aromatic heterocycles. The fourth-order valence-electron chi connectivity index (χ4n) is 1.53. The lowest BCUT2D eigenvalue weighted by molar-refractivity contribution is -0.154. The molecule has 0 bridgehead atoms. The number of aromatic nitrogens is 1. The number of esters is 2. The van der Waals surface area contributed by atoms with Gasteiger partial charge in [-0.15, -0.1) is 11.8 Å². The standard InChI is InChI=1S/C12H15NO5S/c1-16-9-5-7(8(19-4)6-13-9)10(11(14)17-2)12(15)18-3/h5-6,10H,1-4H3. The number of hydrogen-bond donors (Lipinski definition) is 0. The lowest BCUT2D eigenvalue weighted by atomic mass is 10.0. The second-order valence-electron chi connectivity index (χ2n) is 3.45. The summed E-state index contributed by atoms with van der Waals surface area (Å²) in [5.74, 6) is -2.20. The van der Waals surface area contributed by atoms with Crippen LogP contribution in [0.1, 0.15) is 11.5 Å². The van der Waals surface area contributed by atoms with Crippen molar-refractivity contribution in [2.75, 3.05) is 27.6 Å². The minimum absolute atomic E-state index is 0.311. The SMILES string of the molecule is COC(=O)C(C(=O)OC)c1cc(OC)ncc1SC. The Kier molecular flexibility index (Phi) is 5.62. The summed E-state index contributed by atoms with van der Waals surface area (Å²) in [5, 5.41) is 0. The topological polar surface area (TPSA) is 74.7 Å². The number of pyridine rings is 1. The zero-order valence-electron chi connectivity index (χ0n) is 11.1. The van der Waals surface area contributed by atoms with Crippen molar-refractivity contribution < 1.29 is 23.8 Å². The summed E-state index contributed by atoms with van der Waals surface area (Å²) in [7, 11) is 3.89. The van der Waals surface area contributed by atoms with Gasteiger partial charge in [0.2, 0.25) is 5.88 Å². The van der Waals surface area contributed by atoms with Crippen molar-refractivity contribution in [1.82, 2.24) is 4.98 Å². The van der Waals surface area contributed by atoms with Crippen LogP contribution in [0.4, 0.5) is 0 Å². The quantitative estimate of drug-likeness (QED) is 0.457. The van der Waals surface area contributed by atoms with E-state index >= 15 is 0 Å². The molecular formula is C12H15NO5S. The number of ether oxygens (including phenoxy) is 3. The molecule has 0 unspecified atom stereocenters. The molecule has 0 radical (unpaired) electrons. The van der Waals surface area contributed by atoms with Gasteiger partial charge in [0.15, 0.2) is 5.92 Å². The molecule has 1 aromatic rings. The van der Waals surface area contributed by atoms with Crippen LogP contribution in [0.15, 0.2) is 17.2 Å². The smallest absolute Gasteiger partial charge is 0.324 e. The van der Waals surface area contributed by atoms with Gasteiger partial charge in [-0.3, -0.25) is 9.59 Å².